The minimum absolute atomic E-state index is 0.0626. The van der Waals surface area contributed by atoms with E-state index >= 15 is 0 Å². The third kappa shape index (κ3) is 4.36. The van der Waals surface area contributed by atoms with Gasteiger partial charge in [0.05, 0.1) is 23.7 Å². The molecule has 2 aromatic rings. The summed E-state index contributed by atoms with van der Waals surface area (Å²) in [6.45, 7) is 2.81. The lowest BCUT2D eigenvalue weighted by molar-refractivity contribution is -0.113. The van der Waals surface area contributed by atoms with Crippen molar-refractivity contribution in [3.8, 4) is 5.75 Å². The number of nitrogens with one attached hydrogen (secondary N) is 2. The van der Waals surface area contributed by atoms with Crippen LogP contribution in [-0.2, 0) is 9.53 Å². The van der Waals surface area contributed by atoms with E-state index in [0.29, 0.717) is 41.7 Å². The Kier molecular flexibility index (Phi) is 5.80. The van der Waals surface area contributed by atoms with Crippen LogP contribution in [0.2, 0.25) is 0 Å². The number of thioether (sulfide) groups is 1. The van der Waals surface area contributed by atoms with Crippen LogP contribution >= 0.6 is 11.8 Å². The van der Waals surface area contributed by atoms with Crippen molar-refractivity contribution in [2.75, 3.05) is 36.7 Å². The molecule has 0 fully saturated rings. The van der Waals surface area contributed by atoms with Crippen molar-refractivity contribution in [1.29, 1.82) is 0 Å². The third-order valence-electron chi connectivity index (χ3n) is 3.80. The quantitative estimate of drug-likeness (QED) is 0.761. The predicted molar refractivity (Wildman–Crippen MR) is 102 cm³/mol. The first-order valence-corrected chi connectivity index (χ1v) is 9.16. The second-order valence-electron chi connectivity index (χ2n) is 5.84. The Labute approximate surface area is 156 Å². The molecule has 136 valence electrons. The summed E-state index contributed by atoms with van der Waals surface area (Å²) >= 11 is 1.46. The zero-order valence-electron chi connectivity index (χ0n) is 14.6. The Morgan fingerprint density at radius 1 is 1.23 bits per heavy atom. The van der Waals surface area contributed by atoms with E-state index in [1.165, 1.54) is 11.8 Å². The summed E-state index contributed by atoms with van der Waals surface area (Å²) in [7, 11) is 1.61. The topological polar surface area (TPSA) is 76.7 Å². The molecule has 0 unspecified atom stereocenters. The molecule has 0 aromatic heterocycles. The highest BCUT2D eigenvalue weighted by Crippen LogP contribution is 2.32. The van der Waals surface area contributed by atoms with Crippen LogP contribution in [0.25, 0.3) is 0 Å². The highest BCUT2D eigenvalue weighted by Gasteiger charge is 2.18. The monoisotopic (exact) mass is 372 g/mol. The molecule has 1 aliphatic rings. The van der Waals surface area contributed by atoms with Crippen molar-refractivity contribution < 1.29 is 19.1 Å². The van der Waals surface area contributed by atoms with Crippen LogP contribution in [0.15, 0.2) is 41.3 Å². The van der Waals surface area contributed by atoms with Gasteiger partial charge in [-0.2, -0.15) is 0 Å². The number of ether oxygens (including phenoxy) is 2. The van der Waals surface area contributed by atoms with Crippen LogP contribution in [0.5, 0.6) is 5.75 Å². The number of amides is 2. The molecule has 26 heavy (non-hydrogen) atoms. The van der Waals surface area contributed by atoms with Crippen molar-refractivity contribution >= 4 is 35.0 Å². The number of carbonyl (C=O) groups excluding carboxylic acids is 2. The number of hydrogen-bond donors (Lipinski definition) is 2. The first-order valence-electron chi connectivity index (χ1n) is 8.17. The van der Waals surface area contributed by atoms with Gasteiger partial charge in [0, 0.05) is 17.6 Å². The molecule has 0 atom stereocenters. The van der Waals surface area contributed by atoms with Gasteiger partial charge in [0.2, 0.25) is 5.91 Å². The zero-order chi connectivity index (χ0) is 18.5. The SMILES string of the molecule is COCCOc1cc(C)ccc1NC(=O)c1ccc2c(c1)NC(=O)CS2. The summed E-state index contributed by atoms with van der Waals surface area (Å²) in [5.74, 6) is 0.659. The van der Waals surface area contributed by atoms with E-state index in [2.05, 4.69) is 10.6 Å². The molecule has 1 heterocycles. The van der Waals surface area contributed by atoms with Crippen molar-refractivity contribution in [3.63, 3.8) is 0 Å². The lowest BCUT2D eigenvalue weighted by Gasteiger charge is -2.17. The number of hydrogen-bond acceptors (Lipinski definition) is 5. The van der Waals surface area contributed by atoms with Crippen LogP contribution < -0.4 is 15.4 Å². The Bertz CT molecular complexity index is 838. The number of methoxy groups -OCH3 is 1. The van der Waals surface area contributed by atoms with Gasteiger partial charge >= 0.3 is 0 Å². The molecule has 7 heteroatoms. The molecule has 0 saturated carbocycles. The molecular formula is C19H20N2O4S. The Morgan fingerprint density at radius 2 is 2.08 bits per heavy atom. The fourth-order valence-corrected chi connectivity index (χ4v) is 3.29. The maximum Gasteiger partial charge on any atom is 0.255 e. The van der Waals surface area contributed by atoms with Crippen LogP contribution in [0.4, 0.5) is 11.4 Å². The number of rotatable bonds is 6. The third-order valence-corrected chi connectivity index (χ3v) is 4.88. The highest BCUT2D eigenvalue weighted by molar-refractivity contribution is 8.00. The molecule has 0 spiro atoms. The molecule has 1 aliphatic heterocycles. The van der Waals surface area contributed by atoms with Crippen molar-refractivity contribution in [1.82, 2.24) is 0 Å². The van der Waals surface area contributed by atoms with Gasteiger partial charge in [-0.1, -0.05) is 6.07 Å². The van der Waals surface area contributed by atoms with Crippen LogP contribution in [0.1, 0.15) is 15.9 Å². The van der Waals surface area contributed by atoms with Crippen molar-refractivity contribution in [2.24, 2.45) is 0 Å². The Hall–Kier alpha value is -2.51. The minimum Gasteiger partial charge on any atom is -0.489 e. The smallest absolute Gasteiger partial charge is 0.255 e. The van der Waals surface area contributed by atoms with Crippen LogP contribution in [0.3, 0.4) is 0 Å². The molecule has 0 radical (unpaired) electrons. The van der Waals surface area contributed by atoms with E-state index in [9.17, 15) is 9.59 Å². The summed E-state index contributed by atoms with van der Waals surface area (Å²) in [5, 5.41) is 5.67. The van der Waals surface area contributed by atoms with E-state index < -0.39 is 0 Å². The molecule has 2 N–H and O–H groups in total. The molecule has 6 nitrogen and oxygen atoms in total. The Balaban J connectivity index is 1.77. The molecule has 2 amide bonds. The molecule has 0 bridgehead atoms. The summed E-state index contributed by atoms with van der Waals surface area (Å²) in [5.41, 5.74) is 2.76. The van der Waals surface area contributed by atoms with Crippen LogP contribution in [0, 0.1) is 6.92 Å². The Morgan fingerprint density at radius 3 is 2.88 bits per heavy atom. The van der Waals surface area contributed by atoms with Crippen LogP contribution in [-0.4, -0.2) is 37.9 Å². The first kappa shape index (κ1) is 18.3. The zero-order valence-corrected chi connectivity index (χ0v) is 15.4. The lowest BCUT2D eigenvalue weighted by atomic mass is 10.1. The fraction of sp³-hybridized carbons (Fsp3) is 0.263. The maximum atomic E-state index is 12.6. The summed E-state index contributed by atoms with van der Waals surface area (Å²) in [4.78, 5) is 25.1. The lowest BCUT2D eigenvalue weighted by Crippen LogP contribution is -2.20. The molecular weight excluding hydrogens is 352 g/mol. The first-order chi connectivity index (χ1) is 12.6. The fourth-order valence-electron chi connectivity index (χ4n) is 2.51. The number of benzene rings is 2. The van der Waals surface area contributed by atoms with Gasteiger partial charge in [-0.25, -0.2) is 0 Å². The second-order valence-corrected chi connectivity index (χ2v) is 6.86. The standard InChI is InChI=1S/C19H20N2O4S/c1-12-3-5-14(16(9-12)25-8-7-24-2)21-19(23)13-4-6-17-15(10-13)20-18(22)11-26-17/h3-6,9-10H,7-8,11H2,1-2H3,(H,20,22)(H,21,23). The van der Waals surface area contributed by atoms with E-state index in [0.717, 1.165) is 10.5 Å². The second kappa shape index (κ2) is 8.25. The molecule has 2 aromatic carbocycles. The largest absolute Gasteiger partial charge is 0.489 e. The van der Waals surface area contributed by atoms with Crippen molar-refractivity contribution in [3.05, 3.63) is 47.5 Å². The average Bonchev–Trinajstić information content (AvgIpc) is 2.63. The number of fused-ring (bicyclic) bond motifs is 1. The number of anilines is 2. The van der Waals surface area contributed by atoms with Gasteiger partial charge in [0.15, 0.2) is 0 Å². The van der Waals surface area contributed by atoms with E-state index in [-0.39, 0.29) is 11.8 Å². The molecule has 3 rings (SSSR count). The highest BCUT2D eigenvalue weighted by atomic mass is 32.2. The number of aryl methyl sites for hydroxylation is 1. The van der Waals surface area contributed by atoms with Crippen molar-refractivity contribution in [2.45, 2.75) is 11.8 Å². The van der Waals surface area contributed by atoms with Gasteiger partial charge in [-0.3, -0.25) is 9.59 Å². The normalized spacial score (nSPS) is 12.9. The molecule has 0 aliphatic carbocycles. The summed E-state index contributed by atoms with van der Waals surface area (Å²) < 4.78 is 10.7. The van der Waals surface area contributed by atoms with Gasteiger partial charge in [-0.05, 0) is 42.8 Å². The maximum absolute atomic E-state index is 12.6. The number of carbonyl (C=O) groups is 2. The minimum atomic E-state index is -0.266. The average molecular weight is 372 g/mol. The van der Waals surface area contributed by atoms with E-state index in [1.54, 1.807) is 19.2 Å². The van der Waals surface area contributed by atoms with Gasteiger partial charge in [0.1, 0.15) is 12.4 Å². The van der Waals surface area contributed by atoms with E-state index in [4.69, 9.17) is 9.47 Å². The summed E-state index contributed by atoms with van der Waals surface area (Å²) in [6.07, 6.45) is 0. The van der Waals surface area contributed by atoms with Gasteiger partial charge in [0.25, 0.3) is 5.91 Å². The summed E-state index contributed by atoms with van der Waals surface area (Å²) in [6, 6.07) is 10.9. The predicted octanol–water partition coefficient (Wildman–Crippen LogP) is 3.32. The van der Waals surface area contributed by atoms with E-state index in [1.807, 2.05) is 31.2 Å². The van der Waals surface area contributed by atoms with Gasteiger partial charge < -0.3 is 20.1 Å². The molecule has 0 saturated heterocycles. The van der Waals surface area contributed by atoms with Gasteiger partial charge in [-0.15, -0.1) is 11.8 Å².